The first-order chi connectivity index (χ1) is 7.13. The van der Waals surface area contributed by atoms with E-state index in [1.165, 1.54) is 0 Å². The van der Waals surface area contributed by atoms with Gasteiger partial charge in [-0.2, -0.15) is 5.26 Å². The summed E-state index contributed by atoms with van der Waals surface area (Å²) in [6.07, 6.45) is 0.549. The fourth-order valence-electron chi connectivity index (χ4n) is 1.32. The Morgan fingerprint density at radius 1 is 1.60 bits per heavy atom. The van der Waals surface area contributed by atoms with E-state index < -0.39 is 0 Å². The average molecular weight is 266 g/mol. The van der Waals surface area contributed by atoms with Gasteiger partial charge in [0.2, 0.25) is 0 Å². The fourth-order valence-corrected chi connectivity index (χ4v) is 1.62. The predicted octanol–water partition coefficient (Wildman–Crippen LogP) is 2.26. The van der Waals surface area contributed by atoms with Gasteiger partial charge in [0, 0.05) is 11.1 Å². The molecule has 0 aliphatic rings. The van der Waals surface area contributed by atoms with E-state index in [4.69, 9.17) is 5.26 Å². The quantitative estimate of drug-likeness (QED) is 0.479. The maximum atomic E-state index is 11.5. The second kappa shape index (κ2) is 4.85. The highest BCUT2D eigenvalue weighted by molar-refractivity contribution is 9.09. The predicted molar refractivity (Wildman–Crippen MR) is 59.4 cm³/mol. The molecule has 0 aliphatic carbocycles. The fraction of sp³-hybridized carbons (Fsp3) is 0.182. The van der Waals surface area contributed by atoms with Crippen LogP contribution < -0.4 is 0 Å². The second-order valence-corrected chi connectivity index (χ2v) is 3.62. The Labute approximate surface area is 95.8 Å². The molecule has 3 nitrogen and oxygen atoms in total. The number of benzene rings is 1. The largest absolute Gasteiger partial charge is 0.298 e. The van der Waals surface area contributed by atoms with Gasteiger partial charge in [0.15, 0.2) is 12.1 Å². The third kappa shape index (κ3) is 2.31. The Bertz CT molecular complexity index is 460. The SMILES string of the molecule is Cc1cc(C#N)c(C=O)c(C(=O)CBr)c1. The Balaban J connectivity index is 3.50. The molecule has 0 aromatic heterocycles. The molecule has 0 atom stereocenters. The molecule has 0 fully saturated rings. The highest BCUT2D eigenvalue weighted by Crippen LogP contribution is 2.16. The molecule has 0 saturated carbocycles. The molecule has 1 aromatic rings. The van der Waals surface area contributed by atoms with Crippen molar-refractivity contribution < 1.29 is 9.59 Å². The van der Waals surface area contributed by atoms with Crippen LogP contribution in [0.25, 0.3) is 0 Å². The first-order valence-electron chi connectivity index (χ1n) is 4.23. The molecule has 1 aromatic carbocycles. The van der Waals surface area contributed by atoms with Crippen molar-refractivity contribution in [3.05, 3.63) is 34.4 Å². The second-order valence-electron chi connectivity index (χ2n) is 3.06. The van der Waals surface area contributed by atoms with Gasteiger partial charge in [-0.15, -0.1) is 0 Å². The van der Waals surface area contributed by atoms with Gasteiger partial charge in [0.05, 0.1) is 17.0 Å². The van der Waals surface area contributed by atoms with Crippen LogP contribution in [0, 0.1) is 18.3 Å². The molecule has 0 unspecified atom stereocenters. The van der Waals surface area contributed by atoms with E-state index in [2.05, 4.69) is 15.9 Å². The lowest BCUT2D eigenvalue weighted by Crippen LogP contribution is -2.07. The highest BCUT2D eigenvalue weighted by Gasteiger charge is 2.14. The van der Waals surface area contributed by atoms with Crippen molar-refractivity contribution >= 4 is 28.0 Å². The lowest BCUT2D eigenvalue weighted by atomic mass is 9.97. The van der Waals surface area contributed by atoms with Crippen LogP contribution in [0.5, 0.6) is 0 Å². The van der Waals surface area contributed by atoms with Crippen LogP contribution in [0.4, 0.5) is 0 Å². The summed E-state index contributed by atoms with van der Waals surface area (Å²) in [4.78, 5) is 22.3. The molecule has 76 valence electrons. The standard InChI is InChI=1S/C11H8BrNO2/c1-7-2-8(5-13)10(6-14)9(3-7)11(15)4-12/h2-3,6H,4H2,1H3. The number of halogens is 1. The summed E-state index contributed by atoms with van der Waals surface area (Å²) in [6.45, 7) is 1.78. The number of hydrogen-bond acceptors (Lipinski definition) is 3. The third-order valence-electron chi connectivity index (χ3n) is 1.98. The molecular weight excluding hydrogens is 258 g/mol. The van der Waals surface area contributed by atoms with Gasteiger partial charge >= 0.3 is 0 Å². The van der Waals surface area contributed by atoms with Crippen molar-refractivity contribution in [2.75, 3.05) is 5.33 Å². The first kappa shape index (κ1) is 11.6. The van der Waals surface area contributed by atoms with Crippen molar-refractivity contribution in [3.8, 4) is 6.07 Å². The number of hydrogen-bond donors (Lipinski definition) is 0. The number of carbonyl (C=O) groups is 2. The van der Waals surface area contributed by atoms with E-state index in [1.54, 1.807) is 19.1 Å². The topological polar surface area (TPSA) is 57.9 Å². The smallest absolute Gasteiger partial charge is 0.174 e. The molecule has 0 saturated heterocycles. The number of carbonyl (C=O) groups excluding carboxylic acids is 2. The van der Waals surface area contributed by atoms with E-state index in [9.17, 15) is 9.59 Å². The molecule has 15 heavy (non-hydrogen) atoms. The number of Topliss-reactive ketones (excluding diaryl/α,β-unsaturated/α-hetero) is 1. The maximum absolute atomic E-state index is 11.5. The molecule has 1 rings (SSSR count). The van der Waals surface area contributed by atoms with Crippen molar-refractivity contribution in [2.45, 2.75) is 6.92 Å². The average Bonchev–Trinajstić information content (AvgIpc) is 2.26. The number of aryl methyl sites for hydroxylation is 1. The Morgan fingerprint density at radius 3 is 2.73 bits per heavy atom. The first-order valence-corrected chi connectivity index (χ1v) is 5.35. The van der Waals surface area contributed by atoms with E-state index >= 15 is 0 Å². The number of rotatable bonds is 3. The molecule has 0 heterocycles. The van der Waals surface area contributed by atoms with E-state index in [-0.39, 0.29) is 22.2 Å². The van der Waals surface area contributed by atoms with Gasteiger partial charge in [-0.05, 0) is 24.6 Å². The van der Waals surface area contributed by atoms with Crippen LogP contribution in [0.3, 0.4) is 0 Å². The zero-order valence-corrected chi connectivity index (χ0v) is 9.67. The minimum Gasteiger partial charge on any atom is -0.298 e. The van der Waals surface area contributed by atoms with Gasteiger partial charge in [-0.25, -0.2) is 0 Å². The van der Waals surface area contributed by atoms with Gasteiger partial charge < -0.3 is 0 Å². The minimum absolute atomic E-state index is 0.141. The monoisotopic (exact) mass is 265 g/mol. The minimum atomic E-state index is -0.197. The number of nitrogens with zero attached hydrogens (tertiary/aromatic N) is 1. The van der Waals surface area contributed by atoms with Crippen LogP contribution in [0.2, 0.25) is 0 Å². The molecule has 0 N–H and O–H groups in total. The van der Waals surface area contributed by atoms with E-state index in [0.29, 0.717) is 11.8 Å². The highest BCUT2D eigenvalue weighted by atomic mass is 79.9. The summed E-state index contributed by atoms with van der Waals surface area (Å²) >= 11 is 3.04. The van der Waals surface area contributed by atoms with E-state index in [0.717, 1.165) is 5.56 Å². The number of alkyl halides is 1. The Morgan fingerprint density at radius 2 is 2.27 bits per heavy atom. The molecule has 0 bridgehead atoms. The Hall–Kier alpha value is -1.47. The molecular formula is C11H8BrNO2. The third-order valence-corrected chi connectivity index (χ3v) is 2.49. The molecule has 4 heteroatoms. The summed E-state index contributed by atoms with van der Waals surface area (Å²) < 4.78 is 0. The number of nitriles is 1. The maximum Gasteiger partial charge on any atom is 0.174 e. The van der Waals surface area contributed by atoms with Crippen molar-refractivity contribution in [1.29, 1.82) is 5.26 Å². The van der Waals surface area contributed by atoms with Gasteiger partial charge in [-0.1, -0.05) is 15.9 Å². The molecule has 0 amide bonds. The summed E-state index contributed by atoms with van der Waals surface area (Å²) in [7, 11) is 0. The van der Waals surface area contributed by atoms with Gasteiger partial charge in [0.25, 0.3) is 0 Å². The van der Waals surface area contributed by atoms with Crippen molar-refractivity contribution in [3.63, 3.8) is 0 Å². The number of aldehydes is 1. The lowest BCUT2D eigenvalue weighted by molar-refractivity contribution is 0.101. The zero-order valence-electron chi connectivity index (χ0n) is 8.08. The lowest BCUT2D eigenvalue weighted by Gasteiger charge is -2.05. The summed E-state index contributed by atoms with van der Waals surface area (Å²) in [5.74, 6) is -0.197. The normalized spacial score (nSPS) is 9.40. The summed E-state index contributed by atoms with van der Waals surface area (Å²) in [5.41, 5.74) is 1.52. The number of ketones is 1. The zero-order chi connectivity index (χ0) is 11.4. The molecule has 0 aliphatic heterocycles. The molecule has 0 spiro atoms. The van der Waals surface area contributed by atoms with Crippen LogP contribution in [-0.4, -0.2) is 17.4 Å². The molecule has 0 radical (unpaired) electrons. The van der Waals surface area contributed by atoms with Gasteiger partial charge in [0.1, 0.15) is 0 Å². The summed E-state index contributed by atoms with van der Waals surface area (Å²) in [6, 6.07) is 5.12. The summed E-state index contributed by atoms with van der Waals surface area (Å²) in [5, 5.41) is 8.96. The van der Waals surface area contributed by atoms with Crippen LogP contribution >= 0.6 is 15.9 Å². The Kier molecular flexibility index (Phi) is 3.75. The van der Waals surface area contributed by atoms with Crippen molar-refractivity contribution in [1.82, 2.24) is 0 Å². The van der Waals surface area contributed by atoms with Crippen molar-refractivity contribution in [2.24, 2.45) is 0 Å². The van der Waals surface area contributed by atoms with E-state index in [1.807, 2.05) is 6.07 Å². The van der Waals surface area contributed by atoms with Crippen LogP contribution in [-0.2, 0) is 0 Å². The van der Waals surface area contributed by atoms with Gasteiger partial charge in [-0.3, -0.25) is 9.59 Å². The van der Waals surface area contributed by atoms with Crippen LogP contribution in [0.15, 0.2) is 12.1 Å². The van der Waals surface area contributed by atoms with Crippen LogP contribution in [0.1, 0.15) is 31.8 Å².